The minimum absolute atomic E-state index is 0.586. The van der Waals surface area contributed by atoms with Crippen LogP contribution in [0.1, 0.15) is 24.2 Å². The van der Waals surface area contributed by atoms with E-state index in [-0.39, 0.29) is 0 Å². The number of rotatable bonds is 5. The quantitative estimate of drug-likeness (QED) is 0.909. The zero-order valence-corrected chi connectivity index (χ0v) is 12.1. The number of nitrogens with zero attached hydrogens (tertiary/aromatic N) is 2. The summed E-state index contributed by atoms with van der Waals surface area (Å²) >= 11 is 0. The van der Waals surface area contributed by atoms with Crippen LogP contribution in [0.4, 0.5) is 5.69 Å². The van der Waals surface area contributed by atoms with Crippen LogP contribution in [0.5, 0.6) is 5.75 Å². The average Bonchev–Trinajstić information content (AvgIpc) is 2.47. The standard InChI is InChI=1S/C16H20N2O2/c1-12(19)16-14(7-4-8-15(16)20-3)18(2)11-13-6-5-9-17-10-13/h4-10,12,19H,11H2,1-3H3. The summed E-state index contributed by atoms with van der Waals surface area (Å²) in [5.41, 5.74) is 2.89. The molecule has 2 aromatic rings. The molecule has 0 spiro atoms. The van der Waals surface area contributed by atoms with Gasteiger partial charge in [0.05, 0.1) is 13.2 Å². The van der Waals surface area contributed by atoms with Crippen molar-refractivity contribution in [2.45, 2.75) is 19.6 Å². The van der Waals surface area contributed by atoms with Crippen molar-refractivity contribution in [3.8, 4) is 5.75 Å². The van der Waals surface area contributed by atoms with Gasteiger partial charge in [-0.3, -0.25) is 4.98 Å². The van der Waals surface area contributed by atoms with E-state index in [1.807, 2.05) is 43.6 Å². The highest BCUT2D eigenvalue weighted by Crippen LogP contribution is 2.34. The Hall–Kier alpha value is -2.07. The molecule has 0 saturated heterocycles. The van der Waals surface area contributed by atoms with Gasteiger partial charge in [0, 0.05) is 37.2 Å². The van der Waals surface area contributed by atoms with Gasteiger partial charge in [-0.25, -0.2) is 0 Å². The van der Waals surface area contributed by atoms with Crippen molar-refractivity contribution in [2.24, 2.45) is 0 Å². The lowest BCUT2D eigenvalue weighted by Crippen LogP contribution is -2.19. The third kappa shape index (κ3) is 3.08. The van der Waals surface area contributed by atoms with Crippen molar-refractivity contribution in [1.29, 1.82) is 0 Å². The fourth-order valence-electron chi connectivity index (χ4n) is 2.31. The van der Waals surface area contributed by atoms with Crippen LogP contribution in [0.3, 0.4) is 0 Å². The first-order chi connectivity index (χ1) is 9.63. The normalized spacial score (nSPS) is 12.0. The largest absolute Gasteiger partial charge is 0.496 e. The summed E-state index contributed by atoms with van der Waals surface area (Å²) in [6, 6.07) is 9.74. The molecule has 0 aliphatic rings. The highest BCUT2D eigenvalue weighted by atomic mass is 16.5. The molecule has 1 atom stereocenters. The van der Waals surface area contributed by atoms with Crippen LogP contribution in [0.25, 0.3) is 0 Å². The number of ether oxygens (including phenoxy) is 1. The molecule has 4 nitrogen and oxygen atoms in total. The molecule has 1 unspecified atom stereocenters. The maximum Gasteiger partial charge on any atom is 0.126 e. The number of methoxy groups -OCH3 is 1. The molecule has 0 radical (unpaired) electrons. The lowest BCUT2D eigenvalue weighted by Gasteiger charge is -2.25. The van der Waals surface area contributed by atoms with Crippen molar-refractivity contribution in [2.75, 3.05) is 19.1 Å². The molecule has 0 amide bonds. The van der Waals surface area contributed by atoms with E-state index in [1.54, 1.807) is 20.2 Å². The molecule has 0 bridgehead atoms. The molecule has 0 fully saturated rings. The van der Waals surface area contributed by atoms with Gasteiger partial charge in [0.2, 0.25) is 0 Å². The van der Waals surface area contributed by atoms with Gasteiger partial charge < -0.3 is 14.7 Å². The zero-order valence-electron chi connectivity index (χ0n) is 12.1. The van der Waals surface area contributed by atoms with Gasteiger partial charge >= 0.3 is 0 Å². The fourth-order valence-corrected chi connectivity index (χ4v) is 2.31. The second-order valence-corrected chi connectivity index (χ2v) is 4.79. The van der Waals surface area contributed by atoms with E-state index < -0.39 is 6.10 Å². The molecule has 1 aromatic carbocycles. The van der Waals surface area contributed by atoms with E-state index in [9.17, 15) is 5.11 Å². The predicted octanol–water partition coefficient (Wildman–Crippen LogP) is 2.78. The fraction of sp³-hybridized carbons (Fsp3) is 0.312. The van der Waals surface area contributed by atoms with Crippen molar-refractivity contribution < 1.29 is 9.84 Å². The maximum atomic E-state index is 10.0. The summed E-state index contributed by atoms with van der Waals surface area (Å²) < 4.78 is 5.35. The first-order valence-corrected chi connectivity index (χ1v) is 6.58. The average molecular weight is 272 g/mol. The number of pyridine rings is 1. The van der Waals surface area contributed by atoms with Gasteiger partial charge in [-0.1, -0.05) is 12.1 Å². The van der Waals surface area contributed by atoms with Gasteiger partial charge in [-0.15, -0.1) is 0 Å². The van der Waals surface area contributed by atoms with Gasteiger partial charge in [0.1, 0.15) is 5.75 Å². The Bertz CT molecular complexity index is 556. The van der Waals surface area contributed by atoms with Crippen LogP contribution in [-0.2, 0) is 6.54 Å². The van der Waals surface area contributed by atoms with Crippen LogP contribution < -0.4 is 9.64 Å². The van der Waals surface area contributed by atoms with Gasteiger partial charge in [-0.05, 0) is 30.7 Å². The van der Waals surface area contributed by atoms with Crippen LogP contribution in [0.2, 0.25) is 0 Å². The first kappa shape index (κ1) is 14.3. The lowest BCUT2D eigenvalue weighted by molar-refractivity contribution is 0.194. The molecule has 2 rings (SSSR count). The number of benzene rings is 1. The molecule has 0 saturated carbocycles. The van der Waals surface area contributed by atoms with Crippen molar-refractivity contribution >= 4 is 5.69 Å². The summed E-state index contributed by atoms with van der Waals surface area (Å²) in [7, 11) is 3.61. The number of anilines is 1. The predicted molar refractivity (Wildman–Crippen MR) is 80.0 cm³/mol. The van der Waals surface area contributed by atoms with E-state index in [4.69, 9.17) is 4.74 Å². The van der Waals surface area contributed by atoms with Crippen LogP contribution in [-0.4, -0.2) is 24.2 Å². The number of hydrogen-bond acceptors (Lipinski definition) is 4. The van der Waals surface area contributed by atoms with E-state index in [1.165, 1.54) is 0 Å². The van der Waals surface area contributed by atoms with Crippen LogP contribution >= 0.6 is 0 Å². The minimum Gasteiger partial charge on any atom is -0.496 e. The Morgan fingerprint density at radius 3 is 2.70 bits per heavy atom. The second-order valence-electron chi connectivity index (χ2n) is 4.79. The Labute approximate surface area is 119 Å². The molecular formula is C16H20N2O2. The molecule has 4 heteroatoms. The minimum atomic E-state index is -0.586. The third-order valence-electron chi connectivity index (χ3n) is 3.23. The molecule has 20 heavy (non-hydrogen) atoms. The Kier molecular flexibility index (Phi) is 4.58. The third-order valence-corrected chi connectivity index (χ3v) is 3.23. The highest BCUT2D eigenvalue weighted by Gasteiger charge is 2.16. The highest BCUT2D eigenvalue weighted by molar-refractivity contribution is 5.60. The molecular weight excluding hydrogens is 252 g/mol. The number of aliphatic hydroxyl groups is 1. The Morgan fingerprint density at radius 1 is 1.30 bits per heavy atom. The Morgan fingerprint density at radius 2 is 2.10 bits per heavy atom. The number of hydrogen-bond donors (Lipinski definition) is 1. The zero-order chi connectivity index (χ0) is 14.5. The SMILES string of the molecule is COc1cccc(N(C)Cc2cccnc2)c1C(C)O. The molecule has 0 aliphatic heterocycles. The monoisotopic (exact) mass is 272 g/mol. The molecule has 1 heterocycles. The van der Waals surface area contributed by atoms with Crippen molar-refractivity contribution in [3.63, 3.8) is 0 Å². The van der Waals surface area contributed by atoms with Gasteiger partial charge in [0.15, 0.2) is 0 Å². The molecule has 106 valence electrons. The van der Waals surface area contributed by atoms with Crippen LogP contribution in [0.15, 0.2) is 42.7 Å². The smallest absolute Gasteiger partial charge is 0.126 e. The summed E-state index contributed by atoms with van der Waals surface area (Å²) in [5, 5.41) is 10.0. The summed E-state index contributed by atoms with van der Waals surface area (Å²) in [6.07, 6.45) is 3.02. The Balaban J connectivity index is 2.32. The van der Waals surface area contributed by atoms with E-state index in [0.29, 0.717) is 5.75 Å². The van der Waals surface area contributed by atoms with E-state index in [2.05, 4.69) is 9.88 Å². The first-order valence-electron chi connectivity index (χ1n) is 6.58. The summed E-state index contributed by atoms with van der Waals surface area (Å²) in [4.78, 5) is 6.21. The second kappa shape index (κ2) is 6.39. The van der Waals surface area contributed by atoms with Gasteiger partial charge in [0.25, 0.3) is 0 Å². The van der Waals surface area contributed by atoms with Crippen LogP contribution in [0, 0.1) is 0 Å². The van der Waals surface area contributed by atoms with Crippen molar-refractivity contribution in [1.82, 2.24) is 4.98 Å². The topological polar surface area (TPSA) is 45.6 Å². The van der Waals surface area contributed by atoms with E-state index in [0.717, 1.165) is 23.4 Å². The summed E-state index contributed by atoms with van der Waals surface area (Å²) in [6.45, 7) is 2.47. The van der Waals surface area contributed by atoms with E-state index >= 15 is 0 Å². The maximum absolute atomic E-state index is 10.0. The molecule has 1 aromatic heterocycles. The van der Waals surface area contributed by atoms with Crippen molar-refractivity contribution in [3.05, 3.63) is 53.9 Å². The lowest BCUT2D eigenvalue weighted by atomic mass is 10.1. The molecule has 0 aliphatic carbocycles. The molecule has 1 N–H and O–H groups in total. The number of aliphatic hydroxyl groups excluding tert-OH is 1. The van der Waals surface area contributed by atoms with Gasteiger partial charge in [-0.2, -0.15) is 0 Å². The number of aromatic nitrogens is 1. The summed E-state index contributed by atoms with van der Waals surface area (Å²) in [5.74, 6) is 0.704.